The fourth-order valence-electron chi connectivity index (χ4n) is 1.27. The highest BCUT2D eigenvalue weighted by atomic mass is 79.9. The Labute approximate surface area is 118 Å². The van der Waals surface area contributed by atoms with E-state index in [1.165, 1.54) is 0 Å². The lowest BCUT2D eigenvalue weighted by Crippen LogP contribution is -1.77. The summed E-state index contributed by atoms with van der Waals surface area (Å²) in [5, 5.41) is 9.40. The summed E-state index contributed by atoms with van der Waals surface area (Å²) in [5.74, 6) is 0. The molecule has 0 fully saturated rings. The van der Waals surface area contributed by atoms with Crippen LogP contribution in [0.15, 0.2) is 56.7 Å². The second kappa shape index (κ2) is 5.59. The second-order valence-corrected chi connectivity index (χ2v) is 5.72. The molecule has 0 atom stereocenters. The number of halogens is 2. The number of nitrogens with zero attached hydrogens (tertiary/aromatic N) is 1. The molecule has 0 aliphatic carbocycles. The van der Waals surface area contributed by atoms with Gasteiger partial charge in [-0.25, -0.2) is 0 Å². The first-order chi connectivity index (χ1) is 8.19. The van der Waals surface area contributed by atoms with Gasteiger partial charge in [-0.1, -0.05) is 23.4 Å². The van der Waals surface area contributed by atoms with E-state index in [4.69, 9.17) is 16.9 Å². The van der Waals surface area contributed by atoms with Crippen LogP contribution in [0.2, 0.25) is 5.02 Å². The molecule has 0 unspecified atom stereocenters. The van der Waals surface area contributed by atoms with E-state index in [9.17, 15) is 0 Å². The summed E-state index contributed by atoms with van der Waals surface area (Å²) >= 11 is 11.0. The lowest BCUT2D eigenvalue weighted by atomic mass is 10.2. The maximum Gasteiger partial charge on any atom is 0.0991 e. The van der Waals surface area contributed by atoms with Gasteiger partial charge in [-0.15, -0.1) is 0 Å². The molecule has 0 bridgehead atoms. The molecule has 17 heavy (non-hydrogen) atoms. The molecule has 0 heterocycles. The molecule has 0 aliphatic rings. The molecule has 84 valence electrons. The van der Waals surface area contributed by atoms with E-state index in [0.717, 1.165) is 14.3 Å². The average molecular weight is 325 g/mol. The minimum atomic E-state index is 0.670. The van der Waals surface area contributed by atoms with Crippen molar-refractivity contribution in [1.82, 2.24) is 0 Å². The summed E-state index contributed by atoms with van der Waals surface area (Å²) in [4.78, 5) is 2.16. The van der Waals surface area contributed by atoms with Gasteiger partial charge in [0, 0.05) is 14.3 Å². The zero-order chi connectivity index (χ0) is 12.3. The molecule has 1 nitrogen and oxygen atoms in total. The predicted octanol–water partition coefficient (Wildman–Crippen LogP) is 5.13. The lowest BCUT2D eigenvalue weighted by molar-refractivity contribution is 1.38. The Morgan fingerprint density at radius 1 is 1.06 bits per heavy atom. The second-order valence-electron chi connectivity index (χ2n) is 3.31. The number of rotatable bonds is 2. The zero-order valence-corrected chi connectivity index (χ0v) is 11.8. The van der Waals surface area contributed by atoms with E-state index in [0.29, 0.717) is 10.6 Å². The first-order valence-electron chi connectivity index (χ1n) is 4.82. The Balaban J connectivity index is 2.20. The molecule has 0 saturated heterocycles. The van der Waals surface area contributed by atoms with Crippen LogP contribution in [0.1, 0.15) is 5.56 Å². The molecule has 2 rings (SSSR count). The Bertz CT molecular complexity index is 575. The van der Waals surface area contributed by atoms with E-state index in [1.807, 2.05) is 42.5 Å². The van der Waals surface area contributed by atoms with Crippen molar-refractivity contribution in [3.8, 4) is 6.07 Å². The molecule has 2 aromatic rings. The highest BCUT2D eigenvalue weighted by Crippen LogP contribution is 2.32. The van der Waals surface area contributed by atoms with Gasteiger partial charge in [0.25, 0.3) is 0 Å². The summed E-state index contributed by atoms with van der Waals surface area (Å²) in [7, 11) is 0. The molecule has 0 spiro atoms. The maximum atomic E-state index is 8.71. The fourth-order valence-corrected chi connectivity index (χ4v) is 2.62. The topological polar surface area (TPSA) is 23.8 Å². The van der Waals surface area contributed by atoms with Crippen molar-refractivity contribution in [2.75, 3.05) is 0 Å². The average Bonchev–Trinajstić information content (AvgIpc) is 2.35. The van der Waals surface area contributed by atoms with E-state index in [1.54, 1.807) is 11.8 Å². The smallest absolute Gasteiger partial charge is 0.0991 e. The third-order valence-electron chi connectivity index (χ3n) is 2.11. The summed E-state index contributed by atoms with van der Waals surface area (Å²) in [6.45, 7) is 0. The quantitative estimate of drug-likeness (QED) is 0.765. The van der Waals surface area contributed by atoms with Crippen molar-refractivity contribution in [3.05, 3.63) is 57.5 Å². The molecule has 0 aromatic heterocycles. The molecule has 0 N–H and O–H groups in total. The third-order valence-corrected chi connectivity index (χ3v) is 4.34. The van der Waals surface area contributed by atoms with Crippen LogP contribution in [0.25, 0.3) is 0 Å². The van der Waals surface area contributed by atoms with Crippen LogP contribution in [0.3, 0.4) is 0 Å². The Kier molecular flexibility index (Phi) is 4.11. The lowest BCUT2D eigenvalue weighted by Gasteiger charge is -2.03. The van der Waals surface area contributed by atoms with Gasteiger partial charge in [0.05, 0.1) is 16.7 Å². The van der Waals surface area contributed by atoms with Gasteiger partial charge in [-0.05, 0) is 58.4 Å². The van der Waals surface area contributed by atoms with Gasteiger partial charge in [-0.2, -0.15) is 5.26 Å². The molecule has 0 aliphatic heterocycles. The maximum absolute atomic E-state index is 8.71. The van der Waals surface area contributed by atoms with E-state index in [-0.39, 0.29) is 0 Å². The summed E-state index contributed by atoms with van der Waals surface area (Å²) in [6, 6.07) is 15.4. The standard InChI is InChI=1S/C13H7BrClNS/c14-12-6-5-11(7-13(12)15)17-10-3-1-9(8-16)2-4-10/h1-7H. The summed E-state index contributed by atoms with van der Waals surface area (Å²) in [6.07, 6.45) is 0. The Hall–Kier alpha value is -0.950. The van der Waals surface area contributed by atoms with E-state index in [2.05, 4.69) is 22.0 Å². The van der Waals surface area contributed by atoms with Gasteiger partial charge in [0.2, 0.25) is 0 Å². The predicted molar refractivity (Wildman–Crippen MR) is 74.4 cm³/mol. The van der Waals surface area contributed by atoms with Crippen LogP contribution in [-0.2, 0) is 0 Å². The minimum absolute atomic E-state index is 0.670. The van der Waals surface area contributed by atoms with Gasteiger partial charge in [0.15, 0.2) is 0 Å². The number of hydrogen-bond donors (Lipinski definition) is 0. The van der Waals surface area contributed by atoms with Crippen LogP contribution < -0.4 is 0 Å². The van der Waals surface area contributed by atoms with Crippen molar-refractivity contribution in [2.24, 2.45) is 0 Å². The van der Waals surface area contributed by atoms with Gasteiger partial charge < -0.3 is 0 Å². The number of nitriles is 1. The largest absolute Gasteiger partial charge is 0.192 e. The first-order valence-corrected chi connectivity index (χ1v) is 6.81. The summed E-state index contributed by atoms with van der Waals surface area (Å²) in [5.41, 5.74) is 0.670. The molecular formula is C13H7BrClNS. The third kappa shape index (κ3) is 3.26. The van der Waals surface area contributed by atoms with Crippen molar-refractivity contribution >= 4 is 39.3 Å². The highest BCUT2D eigenvalue weighted by Gasteiger charge is 2.01. The first kappa shape index (κ1) is 12.5. The molecule has 0 amide bonds. The van der Waals surface area contributed by atoms with E-state index < -0.39 is 0 Å². The van der Waals surface area contributed by atoms with Crippen LogP contribution in [0, 0.1) is 11.3 Å². The number of hydrogen-bond acceptors (Lipinski definition) is 2. The minimum Gasteiger partial charge on any atom is -0.192 e. The van der Waals surface area contributed by atoms with Crippen molar-refractivity contribution in [3.63, 3.8) is 0 Å². The van der Waals surface area contributed by atoms with Crippen LogP contribution in [0.5, 0.6) is 0 Å². The Morgan fingerprint density at radius 2 is 1.71 bits per heavy atom. The normalized spacial score (nSPS) is 9.94. The van der Waals surface area contributed by atoms with E-state index >= 15 is 0 Å². The highest BCUT2D eigenvalue weighted by molar-refractivity contribution is 9.10. The van der Waals surface area contributed by atoms with Crippen molar-refractivity contribution in [2.45, 2.75) is 9.79 Å². The summed E-state index contributed by atoms with van der Waals surface area (Å²) < 4.78 is 0.892. The number of benzene rings is 2. The van der Waals surface area contributed by atoms with Gasteiger partial charge in [0.1, 0.15) is 0 Å². The molecule has 4 heteroatoms. The molecular weight excluding hydrogens is 318 g/mol. The van der Waals surface area contributed by atoms with Crippen molar-refractivity contribution < 1.29 is 0 Å². The van der Waals surface area contributed by atoms with Crippen LogP contribution >= 0.6 is 39.3 Å². The van der Waals surface area contributed by atoms with Crippen molar-refractivity contribution in [1.29, 1.82) is 5.26 Å². The molecule has 0 saturated carbocycles. The fraction of sp³-hybridized carbons (Fsp3) is 0. The SMILES string of the molecule is N#Cc1ccc(Sc2ccc(Br)c(Cl)c2)cc1. The van der Waals surface area contributed by atoms with Gasteiger partial charge in [-0.3, -0.25) is 0 Å². The van der Waals surface area contributed by atoms with Crippen LogP contribution in [-0.4, -0.2) is 0 Å². The van der Waals surface area contributed by atoms with Gasteiger partial charge >= 0.3 is 0 Å². The van der Waals surface area contributed by atoms with Crippen LogP contribution in [0.4, 0.5) is 0 Å². The zero-order valence-electron chi connectivity index (χ0n) is 8.65. The molecule has 0 radical (unpaired) electrons. The Morgan fingerprint density at radius 3 is 2.29 bits per heavy atom. The molecule has 2 aromatic carbocycles. The monoisotopic (exact) mass is 323 g/mol.